The van der Waals surface area contributed by atoms with Crippen LogP contribution in [-0.4, -0.2) is 25.4 Å². The Kier molecular flexibility index (Phi) is 5.04. The molecule has 0 saturated heterocycles. The lowest BCUT2D eigenvalue weighted by molar-refractivity contribution is 0.185. The average molecular weight is 195 g/mol. The Morgan fingerprint density at radius 2 is 2.29 bits per heavy atom. The first kappa shape index (κ1) is 11.0. The monoisotopic (exact) mass is 195 g/mol. The van der Waals surface area contributed by atoms with Gasteiger partial charge in [0.1, 0.15) is 0 Å². The normalized spacial score (nSPS) is 10.1. The number of aliphatic hydroxyl groups excluding tert-OH is 1. The Hall–Kier alpha value is -1.06. The van der Waals surface area contributed by atoms with Gasteiger partial charge < -0.3 is 15.2 Å². The SMILES string of the molecule is COCc1cccc(NCCCO)c1. The molecule has 0 heterocycles. The van der Waals surface area contributed by atoms with Gasteiger partial charge >= 0.3 is 0 Å². The van der Waals surface area contributed by atoms with Crippen molar-refractivity contribution in [3.05, 3.63) is 29.8 Å². The number of hydrogen-bond acceptors (Lipinski definition) is 3. The molecular formula is C11H17NO2. The largest absolute Gasteiger partial charge is 0.396 e. The van der Waals surface area contributed by atoms with Crippen molar-refractivity contribution in [1.29, 1.82) is 0 Å². The predicted molar refractivity (Wildman–Crippen MR) is 57.3 cm³/mol. The van der Waals surface area contributed by atoms with Gasteiger partial charge in [-0.3, -0.25) is 0 Å². The number of methoxy groups -OCH3 is 1. The molecule has 0 saturated carbocycles. The molecule has 3 heteroatoms. The Morgan fingerprint density at radius 3 is 3.00 bits per heavy atom. The van der Waals surface area contributed by atoms with Crippen LogP contribution in [0.25, 0.3) is 0 Å². The van der Waals surface area contributed by atoms with E-state index >= 15 is 0 Å². The van der Waals surface area contributed by atoms with Gasteiger partial charge in [0, 0.05) is 25.9 Å². The zero-order chi connectivity index (χ0) is 10.2. The van der Waals surface area contributed by atoms with Gasteiger partial charge in [-0.05, 0) is 24.1 Å². The van der Waals surface area contributed by atoms with Gasteiger partial charge in [-0.2, -0.15) is 0 Å². The van der Waals surface area contributed by atoms with Gasteiger partial charge in [0.25, 0.3) is 0 Å². The zero-order valence-electron chi connectivity index (χ0n) is 8.49. The molecule has 0 aliphatic heterocycles. The summed E-state index contributed by atoms with van der Waals surface area (Å²) in [5.41, 5.74) is 2.23. The number of nitrogens with one attached hydrogen (secondary N) is 1. The maximum Gasteiger partial charge on any atom is 0.0713 e. The molecule has 2 N–H and O–H groups in total. The van der Waals surface area contributed by atoms with Crippen LogP contribution < -0.4 is 5.32 Å². The Labute approximate surface area is 84.7 Å². The summed E-state index contributed by atoms with van der Waals surface area (Å²) in [5.74, 6) is 0. The first-order valence-corrected chi connectivity index (χ1v) is 4.79. The molecule has 0 unspecified atom stereocenters. The van der Waals surface area contributed by atoms with E-state index in [9.17, 15) is 0 Å². The fraction of sp³-hybridized carbons (Fsp3) is 0.455. The molecule has 0 atom stereocenters. The third-order valence-electron chi connectivity index (χ3n) is 1.90. The van der Waals surface area contributed by atoms with Crippen LogP contribution in [0.15, 0.2) is 24.3 Å². The van der Waals surface area contributed by atoms with E-state index in [1.807, 2.05) is 18.2 Å². The number of benzene rings is 1. The molecule has 1 rings (SSSR count). The quantitative estimate of drug-likeness (QED) is 0.678. The number of aliphatic hydroxyl groups is 1. The second-order valence-electron chi connectivity index (χ2n) is 3.14. The number of ether oxygens (including phenoxy) is 1. The van der Waals surface area contributed by atoms with Gasteiger partial charge in [-0.25, -0.2) is 0 Å². The van der Waals surface area contributed by atoms with Crippen LogP contribution in [0, 0.1) is 0 Å². The molecule has 0 aromatic heterocycles. The van der Waals surface area contributed by atoms with Gasteiger partial charge in [0.05, 0.1) is 6.61 Å². The minimum absolute atomic E-state index is 0.227. The van der Waals surface area contributed by atoms with Crippen molar-refractivity contribution in [1.82, 2.24) is 0 Å². The molecule has 1 aromatic rings. The van der Waals surface area contributed by atoms with Crippen LogP contribution in [0.4, 0.5) is 5.69 Å². The molecule has 0 fully saturated rings. The highest BCUT2D eigenvalue weighted by Gasteiger charge is 1.94. The van der Waals surface area contributed by atoms with E-state index in [4.69, 9.17) is 9.84 Å². The van der Waals surface area contributed by atoms with E-state index in [0.29, 0.717) is 6.61 Å². The summed E-state index contributed by atoms with van der Waals surface area (Å²) in [6.45, 7) is 1.66. The lowest BCUT2D eigenvalue weighted by atomic mass is 10.2. The Morgan fingerprint density at radius 1 is 1.43 bits per heavy atom. The van der Waals surface area contributed by atoms with Gasteiger partial charge in [-0.15, -0.1) is 0 Å². The highest BCUT2D eigenvalue weighted by atomic mass is 16.5. The lowest BCUT2D eigenvalue weighted by Gasteiger charge is -2.06. The van der Waals surface area contributed by atoms with Gasteiger partial charge in [0.2, 0.25) is 0 Å². The topological polar surface area (TPSA) is 41.5 Å². The van der Waals surface area contributed by atoms with E-state index < -0.39 is 0 Å². The van der Waals surface area contributed by atoms with Crippen molar-refractivity contribution in [2.24, 2.45) is 0 Å². The fourth-order valence-corrected chi connectivity index (χ4v) is 1.25. The molecule has 14 heavy (non-hydrogen) atoms. The first-order chi connectivity index (χ1) is 6.86. The minimum atomic E-state index is 0.227. The lowest BCUT2D eigenvalue weighted by Crippen LogP contribution is -2.03. The molecule has 0 spiro atoms. The van der Waals surface area contributed by atoms with Crippen molar-refractivity contribution >= 4 is 5.69 Å². The zero-order valence-corrected chi connectivity index (χ0v) is 8.49. The number of rotatable bonds is 6. The molecule has 0 aliphatic carbocycles. The third kappa shape index (κ3) is 3.77. The van der Waals surface area contributed by atoms with Crippen LogP contribution in [0.5, 0.6) is 0 Å². The van der Waals surface area contributed by atoms with Crippen LogP contribution in [0.3, 0.4) is 0 Å². The molecular weight excluding hydrogens is 178 g/mol. The van der Waals surface area contributed by atoms with Crippen molar-refractivity contribution in [2.75, 3.05) is 25.6 Å². The van der Waals surface area contributed by atoms with E-state index in [0.717, 1.165) is 24.2 Å². The summed E-state index contributed by atoms with van der Waals surface area (Å²) in [7, 11) is 1.69. The first-order valence-electron chi connectivity index (χ1n) is 4.79. The van der Waals surface area contributed by atoms with Crippen molar-refractivity contribution in [2.45, 2.75) is 13.0 Å². The third-order valence-corrected chi connectivity index (χ3v) is 1.90. The van der Waals surface area contributed by atoms with E-state index in [1.54, 1.807) is 7.11 Å². The highest BCUT2D eigenvalue weighted by molar-refractivity contribution is 5.45. The summed E-state index contributed by atoms with van der Waals surface area (Å²) >= 11 is 0. The average Bonchev–Trinajstić information content (AvgIpc) is 2.19. The Bertz CT molecular complexity index is 263. The predicted octanol–water partition coefficient (Wildman–Crippen LogP) is 1.63. The Balaban J connectivity index is 2.46. The summed E-state index contributed by atoms with van der Waals surface area (Å²) in [6, 6.07) is 8.09. The molecule has 1 aromatic carbocycles. The summed E-state index contributed by atoms with van der Waals surface area (Å²) < 4.78 is 5.04. The van der Waals surface area contributed by atoms with E-state index in [1.165, 1.54) is 0 Å². The molecule has 0 aliphatic rings. The minimum Gasteiger partial charge on any atom is -0.396 e. The smallest absolute Gasteiger partial charge is 0.0713 e. The van der Waals surface area contributed by atoms with Crippen LogP contribution in [-0.2, 0) is 11.3 Å². The van der Waals surface area contributed by atoms with E-state index in [-0.39, 0.29) is 6.61 Å². The maximum atomic E-state index is 8.62. The molecule has 0 amide bonds. The van der Waals surface area contributed by atoms with E-state index in [2.05, 4.69) is 11.4 Å². The standard InChI is InChI=1S/C11H17NO2/c1-14-9-10-4-2-5-11(8-10)12-6-3-7-13/h2,4-5,8,12-13H,3,6-7,9H2,1H3. The van der Waals surface area contributed by atoms with Gasteiger partial charge in [-0.1, -0.05) is 12.1 Å². The second kappa shape index (κ2) is 6.40. The van der Waals surface area contributed by atoms with Crippen molar-refractivity contribution in [3.8, 4) is 0 Å². The van der Waals surface area contributed by atoms with Crippen LogP contribution in [0.2, 0.25) is 0 Å². The van der Waals surface area contributed by atoms with Crippen LogP contribution >= 0.6 is 0 Å². The molecule has 3 nitrogen and oxygen atoms in total. The number of anilines is 1. The van der Waals surface area contributed by atoms with Crippen molar-refractivity contribution in [3.63, 3.8) is 0 Å². The molecule has 0 radical (unpaired) electrons. The summed E-state index contributed by atoms with van der Waals surface area (Å²) in [6.07, 6.45) is 0.772. The van der Waals surface area contributed by atoms with Gasteiger partial charge in [0.15, 0.2) is 0 Å². The second-order valence-corrected chi connectivity index (χ2v) is 3.14. The molecule has 78 valence electrons. The molecule has 0 bridgehead atoms. The van der Waals surface area contributed by atoms with Crippen LogP contribution in [0.1, 0.15) is 12.0 Å². The summed E-state index contributed by atoms with van der Waals surface area (Å²) in [4.78, 5) is 0. The number of hydrogen-bond donors (Lipinski definition) is 2. The van der Waals surface area contributed by atoms with Crippen molar-refractivity contribution < 1.29 is 9.84 Å². The highest BCUT2D eigenvalue weighted by Crippen LogP contribution is 2.11. The summed E-state index contributed by atoms with van der Waals surface area (Å²) in [5, 5.41) is 11.9. The maximum absolute atomic E-state index is 8.62. The fourth-order valence-electron chi connectivity index (χ4n) is 1.25.